The fraction of sp³-hybridized carbons (Fsp3) is 0.462. The second-order valence-corrected chi connectivity index (χ2v) is 4.39. The first kappa shape index (κ1) is 14.8. The van der Waals surface area contributed by atoms with Gasteiger partial charge in [-0.3, -0.25) is 0 Å². The highest BCUT2D eigenvalue weighted by atomic mass is 35.5. The normalized spacial score (nSPS) is 16.7. The summed E-state index contributed by atoms with van der Waals surface area (Å²) in [6.07, 6.45) is 1.65. The molecule has 18 heavy (non-hydrogen) atoms. The van der Waals surface area contributed by atoms with E-state index in [4.69, 9.17) is 10.5 Å². The van der Waals surface area contributed by atoms with Crippen molar-refractivity contribution in [3.8, 4) is 5.75 Å². The molecule has 0 unspecified atom stereocenters. The van der Waals surface area contributed by atoms with Gasteiger partial charge < -0.3 is 15.4 Å². The molecule has 0 heterocycles. The average Bonchev–Trinajstić information content (AvgIpc) is 2.70. The van der Waals surface area contributed by atoms with Crippen molar-refractivity contribution in [2.75, 3.05) is 13.6 Å². The third-order valence-corrected chi connectivity index (χ3v) is 3.23. The van der Waals surface area contributed by atoms with Crippen LogP contribution >= 0.6 is 12.4 Å². The van der Waals surface area contributed by atoms with Gasteiger partial charge in [0.2, 0.25) is 0 Å². The first-order valence-electron chi connectivity index (χ1n) is 5.93. The summed E-state index contributed by atoms with van der Waals surface area (Å²) in [6.45, 7) is 2.53. The lowest BCUT2D eigenvalue weighted by Crippen LogP contribution is -2.29. The standard InChI is InChI=1S/C13H18N2O2.ClH/c1-3-15(2)13(16)17-10-6-4-9-5-7-12(14)11(9)8-10;/h4,6,8,12H,3,5,7,14H2,1-2H3;1H/t12-;/m1./s1. The number of fused-ring (bicyclic) bond motifs is 1. The van der Waals surface area contributed by atoms with Crippen LogP contribution in [0.1, 0.15) is 30.5 Å². The van der Waals surface area contributed by atoms with Crippen molar-refractivity contribution in [1.29, 1.82) is 0 Å². The van der Waals surface area contributed by atoms with Crippen molar-refractivity contribution >= 4 is 18.5 Å². The van der Waals surface area contributed by atoms with E-state index in [9.17, 15) is 4.79 Å². The maximum Gasteiger partial charge on any atom is 0.414 e. The van der Waals surface area contributed by atoms with Gasteiger partial charge in [-0.1, -0.05) is 6.07 Å². The molecule has 0 fully saturated rings. The number of nitrogens with zero attached hydrogens (tertiary/aromatic N) is 1. The molecule has 1 aliphatic carbocycles. The Balaban J connectivity index is 0.00000162. The molecule has 1 aliphatic rings. The summed E-state index contributed by atoms with van der Waals surface area (Å²) in [4.78, 5) is 13.1. The van der Waals surface area contributed by atoms with E-state index in [-0.39, 0.29) is 24.5 Å². The summed E-state index contributed by atoms with van der Waals surface area (Å²) in [5.74, 6) is 0.575. The van der Waals surface area contributed by atoms with Gasteiger partial charge in [0.15, 0.2) is 0 Å². The van der Waals surface area contributed by atoms with Crippen LogP contribution in [0, 0.1) is 0 Å². The first-order valence-corrected chi connectivity index (χ1v) is 5.93. The van der Waals surface area contributed by atoms with Gasteiger partial charge in [-0.2, -0.15) is 0 Å². The molecule has 1 amide bonds. The highest BCUT2D eigenvalue weighted by Crippen LogP contribution is 2.32. The molecule has 2 N–H and O–H groups in total. The summed E-state index contributed by atoms with van der Waals surface area (Å²) < 4.78 is 5.27. The van der Waals surface area contributed by atoms with Crippen molar-refractivity contribution in [3.05, 3.63) is 29.3 Å². The van der Waals surface area contributed by atoms with E-state index in [1.54, 1.807) is 7.05 Å². The van der Waals surface area contributed by atoms with Crippen LogP contribution in [0.2, 0.25) is 0 Å². The fourth-order valence-electron chi connectivity index (χ4n) is 1.98. The maximum atomic E-state index is 11.6. The van der Waals surface area contributed by atoms with E-state index in [0.717, 1.165) is 18.4 Å². The quantitative estimate of drug-likeness (QED) is 0.898. The summed E-state index contributed by atoms with van der Waals surface area (Å²) in [6, 6.07) is 5.79. The molecule has 0 aliphatic heterocycles. The van der Waals surface area contributed by atoms with E-state index < -0.39 is 0 Å². The molecule has 0 aromatic heterocycles. The summed E-state index contributed by atoms with van der Waals surface area (Å²) >= 11 is 0. The maximum absolute atomic E-state index is 11.6. The smallest absolute Gasteiger partial charge is 0.410 e. The molecule has 0 saturated heterocycles. The molecule has 5 heteroatoms. The molecule has 0 bridgehead atoms. The molecular weight excluding hydrogens is 252 g/mol. The molecule has 100 valence electrons. The SMILES string of the molecule is CCN(C)C(=O)Oc1ccc2c(c1)[C@H](N)CC2.Cl. The van der Waals surface area contributed by atoms with Crippen LogP contribution in [0.4, 0.5) is 4.79 Å². The van der Waals surface area contributed by atoms with Crippen LogP contribution in [-0.4, -0.2) is 24.6 Å². The molecule has 1 atom stereocenters. The summed E-state index contributed by atoms with van der Waals surface area (Å²) in [7, 11) is 1.71. The number of aryl methyl sites for hydroxylation is 1. The van der Waals surface area contributed by atoms with E-state index >= 15 is 0 Å². The van der Waals surface area contributed by atoms with E-state index in [1.807, 2.05) is 25.1 Å². The van der Waals surface area contributed by atoms with Gasteiger partial charge in [0, 0.05) is 19.6 Å². The first-order chi connectivity index (χ1) is 8.11. The van der Waals surface area contributed by atoms with Crippen molar-refractivity contribution in [2.45, 2.75) is 25.8 Å². The number of nitrogens with two attached hydrogens (primary N) is 1. The lowest BCUT2D eigenvalue weighted by atomic mass is 10.1. The van der Waals surface area contributed by atoms with Crippen LogP contribution in [0.15, 0.2) is 18.2 Å². The van der Waals surface area contributed by atoms with Gasteiger partial charge in [0.05, 0.1) is 0 Å². The Morgan fingerprint density at radius 2 is 2.28 bits per heavy atom. The molecule has 4 nitrogen and oxygen atoms in total. The largest absolute Gasteiger partial charge is 0.414 e. The van der Waals surface area contributed by atoms with Crippen LogP contribution in [0.25, 0.3) is 0 Å². The molecule has 0 spiro atoms. The highest BCUT2D eigenvalue weighted by Gasteiger charge is 2.20. The van der Waals surface area contributed by atoms with Crippen molar-refractivity contribution in [3.63, 3.8) is 0 Å². The zero-order valence-electron chi connectivity index (χ0n) is 10.7. The van der Waals surface area contributed by atoms with Crippen LogP contribution in [0.5, 0.6) is 5.75 Å². The minimum absolute atomic E-state index is 0. The van der Waals surface area contributed by atoms with Crippen molar-refractivity contribution < 1.29 is 9.53 Å². The Morgan fingerprint density at radius 3 is 2.94 bits per heavy atom. The average molecular weight is 271 g/mol. The van der Waals surface area contributed by atoms with Crippen LogP contribution < -0.4 is 10.5 Å². The van der Waals surface area contributed by atoms with Gasteiger partial charge in [0.25, 0.3) is 0 Å². The number of benzene rings is 1. The van der Waals surface area contributed by atoms with Gasteiger partial charge in [0.1, 0.15) is 5.75 Å². The van der Waals surface area contributed by atoms with Gasteiger partial charge in [-0.05, 0) is 43.0 Å². The third-order valence-electron chi connectivity index (χ3n) is 3.23. The molecule has 0 radical (unpaired) electrons. The van der Waals surface area contributed by atoms with Gasteiger partial charge >= 0.3 is 6.09 Å². The summed E-state index contributed by atoms with van der Waals surface area (Å²) in [5.41, 5.74) is 8.35. The fourth-order valence-corrected chi connectivity index (χ4v) is 1.98. The third kappa shape index (κ3) is 2.94. The predicted octanol–water partition coefficient (Wildman–Crippen LogP) is 2.50. The number of carbonyl (C=O) groups excluding carboxylic acids is 1. The molecular formula is C13H19ClN2O2. The monoisotopic (exact) mass is 270 g/mol. The van der Waals surface area contributed by atoms with E-state index in [1.165, 1.54) is 10.5 Å². The second kappa shape index (κ2) is 6.07. The highest BCUT2D eigenvalue weighted by molar-refractivity contribution is 5.85. The lowest BCUT2D eigenvalue weighted by molar-refractivity contribution is 0.165. The molecule has 0 saturated carbocycles. The zero-order chi connectivity index (χ0) is 12.4. The van der Waals surface area contributed by atoms with Crippen LogP contribution in [0.3, 0.4) is 0 Å². The van der Waals surface area contributed by atoms with Gasteiger partial charge in [-0.25, -0.2) is 4.79 Å². The lowest BCUT2D eigenvalue weighted by Gasteiger charge is -2.15. The number of hydrogen-bond acceptors (Lipinski definition) is 3. The second-order valence-electron chi connectivity index (χ2n) is 4.39. The number of hydrogen-bond donors (Lipinski definition) is 1. The molecule has 1 aromatic carbocycles. The number of carbonyl (C=O) groups is 1. The Hall–Kier alpha value is -1.26. The number of halogens is 1. The minimum Gasteiger partial charge on any atom is -0.410 e. The molecule has 2 rings (SSSR count). The van der Waals surface area contributed by atoms with E-state index in [0.29, 0.717) is 12.3 Å². The predicted molar refractivity (Wildman–Crippen MR) is 73.3 cm³/mol. The number of ether oxygens (including phenoxy) is 1. The Labute approximate surface area is 114 Å². The Kier molecular flexibility index (Phi) is 4.99. The summed E-state index contributed by atoms with van der Waals surface area (Å²) in [5, 5.41) is 0. The van der Waals surface area contributed by atoms with Gasteiger partial charge in [-0.15, -0.1) is 12.4 Å². The van der Waals surface area contributed by atoms with Crippen molar-refractivity contribution in [1.82, 2.24) is 4.90 Å². The minimum atomic E-state index is -0.334. The van der Waals surface area contributed by atoms with E-state index in [2.05, 4.69) is 0 Å². The van der Waals surface area contributed by atoms with Crippen LogP contribution in [-0.2, 0) is 6.42 Å². The Morgan fingerprint density at radius 1 is 1.56 bits per heavy atom. The zero-order valence-corrected chi connectivity index (χ0v) is 11.5. The molecule has 1 aromatic rings. The number of amides is 1. The Bertz CT molecular complexity index is 437. The van der Waals surface area contributed by atoms with Crippen molar-refractivity contribution in [2.24, 2.45) is 5.73 Å². The number of rotatable bonds is 2. The topological polar surface area (TPSA) is 55.6 Å².